The van der Waals surface area contributed by atoms with Crippen molar-refractivity contribution in [2.24, 2.45) is 11.7 Å². The van der Waals surface area contributed by atoms with Crippen LogP contribution in [0.1, 0.15) is 45.4 Å². The van der Waals surface area contributed by atoms with E-state index in [-0.39, 0.29) is 0 Å². The van der Waals surface area contributed by atoms with E-state index in [0.717, 1.165) is 19.6 Å². The van der Waals surface area contributed by atoms with Gasteiger partial charge in [-0.1, -0.05) is 19.3 Å². The Labute approximate surface area is 81.8 Å². The van der Waals surface area contributed by atoms with Crippen LogP contribution in [-0.4, -0.2) is 19.3 Å². The summed E-state index contributed by atoms with van der Waals surface area (Å²) in [5, 5.41) is 0. The van der Waals surface area contributed by atoms with Gasteiger partial charge in [-0.25, -0.2) is 0 Å². The lowest BCUT2D eigenvalue weighted by atomic mass is 9.93. The molecule has 1 fully saturated rings. The molecule has 0 radical (unpaired) electrons. The number of hydrogen-bond acceptors (Lipinski definition) is 2. The van der Waals surface area contributed by atoms with E-state index in [1.165, 1.54) is 32.1 Å². The van der Waals surface area contributed by atoms with Gasteiger partial charge in [-0.05, 0) is 32.1 Å². The first-order valence-electron chi connectivity index (χ1n) is 5.68. The van der Waals surface area contributed by atoms with E-state index in [4.69, 9.17) is 10.5 Å². The average molecular weight is 185 g/mol. The monoisotopic (exact) mass is 185 g/mol. The fourth-order valence-corrected chi connectivity index (χ4v) is 2.15. The van der Waals surface area contributed by atoms with Crippen molar-refractivity contribution in [2.45, 2.75) is 51.5 Å². The topological polar surface area (TPSA) is 35.2 Å². The molecule has 1 aliphatic carbocycles. The molecule has 2 N–H and O–H groups in total. The first-order valence-corrected chi connectivity index (χ1v) is 5.68. The fraction of sp³-hybridized carbons (Fsp3) is 1.00. The third kappa shape index (κ3) is 4.10. The van der Waals surface area contributed by atoms with Crippen LogP contribution in [0.4, 0.5) is 0 Å². The lowest BCUT2D eigenvalue weighted by Crippen LogP contribution is -2.29. The van der Waals surface area contributed by atoms with Gasteiger partial charge in [0.2, 0.25) is 0 Å². The van der Waals surface area contributed by atoms with Crippen molar-refractivity contribution in [1.82, 2.24) is 0 Å². The quantitative estimate of drug-likeness (QED) is 0.539. The Hall–Kier alpha value is -0.0800. The molecule has 2 heteroatoms. The number of nitrogens with two attached hydrogens (primary N) is 1. The molecule has 0 spiro atoms. The Bertz CT molecular complexity index is 127. The van der Waals surface area contributed by atoms with Gasteiger partial charge in [0, 0.05) is 19.3 Å². The Balaban J connectivity index is 2.19. The minimum absolute atomic E-state index is 0.433. The van der Waals surface area contributed by atoms with Gasteiger partial charge >= 0.3 is 0 Å². The van der Waals surface area contributed by atoms with Gasteiger partial charge in [-0.15, -0.1) is 0 Å². The Morgan fingerprint density at radius 1 is 1.23 bits per heavy atom. The molecular weight excluding hydrogens is 162 g/mol. The number of rotatable bonds is 4. The van der Waals surface area contributed by atoms with Crippen LogP contribution in [0.3, 0.4) is 0 Å². The van der Waals surface area contributed by atoms with Gasteiger partial charge < -0.3 is 10.5 Å². The van der Waals surface area contributed by atoms with Crippen molar-refractivity contribution >= 4 is 0 Å². The molecule has 1 saturated carbocycles. The molecule has 13 heavy (non-hydrogen) atoms. The first kappa shape index (κ1) is 11.0. The summed E-state index contributed by atoms with van der Waals surface area (Å²) < 4.78 is 5.37. The molecule has 0 aromatic heterocycles. The number of hydrogen-bond donors (Lipinski definition) is 1. The van der Waals surface area contributed by atoms with E-state index >= 15 is 0 Å². The lowest BCUT2D eigenvalue weighted by molar-refractivity contribution is 0.126. The van der Waals surface area contributed by atoms with Crippen LogP contribution in [0.15, 0.2) is 0 Å². The van der Waals surface area contributed by atoms with Crippen LogP contribution in [0.2, 0.25) is 0 Å². The predicted molar refractivity (Wildman–Crippen MR) is 55.7 cm³/mol. The minimum atomic E-state index is 0.433. The van der Waals surface area contributed by atoms with Gasteiger partial charge in [0.05, 0.1) is 0 Å². The first-order chi connectivity index (χ1) is 6.34. The molecule has 2 nitrogen and oxygen atoms in total. The summed E-state index contributed by atoms with van der Waals surface area (Å²) in [4.78, 5) is 0. The highest BCUT2D eigenvalue weighted by molar-refractivity contribution is 4.76. The summed E-state index contributed by atoms with van der Waals surface area (Å²) in [6.45, 7) is 3.78. The van der Waals surface area contributed by atoms with E-state index in [9.17, 15) is 0 Å². The maximum atomic E-state index is 6.11. The Morgan fingerprint density at radius 2 is 2.00 bits per heavy atom. The van der Waals surface area contributed by atoms with Gasteiger partial charge in [0.15, 0.2) is 0 Å². The molecular formula is C11H23NO. The van der Waals surface area contributed by atoms with Crippen LogP contribution in [0.25, 0.3) is 0 Å². The standard InChI is InChI=1S/C11H23NO/c1-2-13-9-8-10-6-4-3-5-7-11(10)12/h10-11H,2-9,12H2,1H3. The second-order valence-corrected chi connectivity index (χ2v) is 4.05. The molecule has 0 amide bonds. The molecule has 0 aromatic rings. The molecule has 2 unspecified atom stereocenters. The van der Waals surface area contributed by atoms with Gasteiger partial charge in [-0.3, -0.25) is 0 Å². The zero-order chi connectivity index (χ0) is 9.52. The molecule has 1 rings (SSSR count). The van der Waals surface area contributed by atoms with Crippen molar-refractivity contribution in [3.8, 4) is 0 Å². The zero-order valence-electron chi connectivity index (χ0n) is 8.80. The van der Waals surface area contributed by atoms with E-state index < -0.39 is 0 Å². The molecule has 0 aliphatic heterocycles. The van der Waals surface area contributed by atoms with E-state index in [1.54, 1.807) is 0 Å². The van der Waals surface area contributed by atoms with Crippen molar-refractivity contribution in [1.29, 1.82) is 0 Å². The fourth-order valence-electron chi connectivity index (χ4n) is 2.15. The summed E-state index contributed by atoms with van der Waals surface area (Å²) >= 11 is 0. The predicted octanol–water partition coefficient (Wildman–Crippen LogP) is 2.32. The lowest BCUT2D eigenvalue weighted by Gasteiger charge is -2.20. The highest BCUT2D eigenvalue weighted by Gasteiger charge is 2.19. The van der Waals surface area contributed by atoms with Crippen molar-refractivity contribution in [3.63, 3.8) is 0 Å². The molecule has 0 aromatic carbocycles. The summed E-state index contributed by atoms with van der Waals surface area (Å²) in [5.41, 5.74) is 6.11. The molecule has 0 bridgehead atoms. The second-order valence-electron chi connectivity index (χ2n) is 4.05. The summed E-state index contributed by atoms with van der Waals surface area (Å²) in [6.07, 6.45) is 7.76. The maximum Gasteiger partial charge on any atom is 0.0469 e. The third-order valence-electron chi connectivity index (χ3n) is 3.05. The minimum Gasteiger partial charge on any atom is -0.382 e. The molecule has 1 aliphatic rings. The highest BCUT2D eigenvalue weighted by Crippen LogP contribution is 2.24. The Kier molecular flexibility index (Phi) is 5.40. The number of ether oxygens (including phenoxy) is 1. The van der Waals surface area contributed by atoms with Gasteiger partial charge in [0.25, 0.3) is 0 Å². The average Bonchev–Trinajstić information content (AvgIpc) is 2.32. The maximum absolute atomic E-state index is 6.11. The van der Waals surface area contributed by atoms with Crippen molar-refractivity contribution < 1.29 is 4.74 Å². The summed E-state index contributed by atoms with van der Waals surface area (Å²) in [6, 6.07) is 0.433. The molecule has 2 atom stereocenters. The largest absolute Gasteiger partial charge is 0.382 e. The molecule has 78 valence electrons. The van der Waals surface area contributed by atoms with Crippen LogP contribution < -0.4 is 5.73 Å². The zero-order valence-corrected chi connectivity index (χ0v) is 8.80. The van der Waals surface area contributed by atoms with Crippen molar-refractivity contribution in [3.05, 3.63) is 0 Å². The van der Waals surface area contributed by atoms with Crippen molar-refractivity contribution in [2.75, 3.05) is 13.2 Å². The highest BCUT2D eigenvalue weighted by atomic mass is 16.5. The van der Waals surface area contributed by atoms with Crippen LogP contribution in [-0.2, 0) is 4.74 Å². The van der Waals surface area contributed by atoms with Gasteiger partial charge in [0.1, 0.15) is 0 Å². The van der Waals surface area contributed by atoms with E-state index in [0.29, 0.717) is 12.0 Å². The van der Waals surface area contributed by atoms with E-state index in [2.05, 4.69) is 0 Å². The van der Waals surface area contributed by atoms with E-state index in [1.807, 2.05) is 6.92 Å². The van der Waals surface area contributed by atoms with Crippen LogP contribution in [0, 0.1) is 5.92 Å². The smallest absolute Gasteiger partial charge is 0.0469 e. The SMILES string of the molecule is CCOCCC1CCCCCC1N. The second kappa shape index (κ2) is 6.39. The summed E-state index contributed by atoms with van der Waals surface area (Å²) in [5.74, 6) is 0.717. The molecule has 0 heterocycles. The van der Waals surface area contributed by atoms with Crippen LogP contribution in [0.5, 0.6) is 0 Å². The molecule has 0 saturated heterocycles. The Morgan fingerprint density at radius 3 is 2.77 bits per heavy atom. The third-order valence-corrected chi connectivity index (χ3v) is 3.05. The van der Waals surface area contributed by atoms with Crippen LogP contribution >= 0.6 is 0 Å². The van der Waals surface area contributed by atoms with Gasteiger partial charge in [-0.2, -0.15) is 0 Å². The normalized spacial score (nSPS) is 30.0. The summed E-state index contributed by atoms with van der Waals surface area (Å²) in [7, 11) is 0.